The first kappa shape index (κ1) is 7.85. The van der Waals surface area contributed by atoms with Crippen molar-refractivity contribution in [3.05, 3.63) is 27.3 Å². The topological polar surface area (TPSA) is 9.23 Å². The number of benzene rings is 1. The lowest BCUT2D eigenvalue weighted by Crippen LogP contribution is -1.84. The monoisotopic (exact) mass is 248 g/mol. The molecular weight excluding hydrogens is 239 g/mol. The molecule has 0 atom stereocenters. The zero-order chi connectivity index (χ0) is 7.56. The number of ether oxygens (including phenoxy) is 1. The van der Waals surface area contributed by atoms with E-state index in [-0.39, 0.29) is 0 Å². The van der Waals surface area contributed by atoms with Crippen molar-refractivity contribution >= 4 is 22.6 Å². The zero-order valence-corrected chi connectivity index (χ0v) is 8.18. The second kappa shape index (κ2) is 3.23. The third-order valence-electron chi connectivity index (χ3n) is 1.38. The fraction of sp³-hybridized carbons (Fsp3) is 0.250. The summed E-state index contributed by atoms with van der Waals surface area (Å²) in [6.45, 7) is 2.08. The molecule has 0 aliphatic carbocycles. The van der Waals surface area contributed by atoms with Gasteiger partial charge in [0.1, 0.15) is 5.75 Å². The molecule has 0 N–H and O–H groups in total. The van der Waals surface area contributed by atoms with Crippen molar-refractivity contribution in [1.29, 1.82) is 0 Å². The molecule has 0 fully saturated rings. The Morgan fingerprint density at radius 1 is 1.40 bits per heavy atom. The first-order chi connectivity index (χ1) is 4.74. The molecule has 1 nitrogen and oxygen atoms in total. The third kappa shape index (κ3) is 1.62. The van der Waals surface area contributed by atoms with Crippen LogP contribution in [-0.4, -0.2) is 7.11 Å². The maximum Gasteiger partial charge on any atom is 0.119 e. The van der Waals surface area contributed by atoms with Crippen molar-refractivity contribution in [3.8, 4) is 5.75 Å². The van der Waals surface area contributed by atoms with Gasteiger partial charge in [-0.2, -0.15) is 0 Å². The van der Waals surface area contributed by atoms with Crippen LogP contribution in [0.5, 0.6) is 5.75 Å². The maximum atomic E-state index is 5.05. The molecular formula is C8H9IO. The molecule has 0 saturated carbocycles. The standard InChI is InChI=1S/C8H9IO/c1-6-3-4-7(10-2)5-8(6)9/h3-5H,1-2H3. The first-order valence-corrected chi connectivity index (χ1v) is 4.12. The molecule has 0 radical (unpaired) electrons. The average molecular weight is 248 g/mol. The summed E-state index contributed by atoms with van der Waals surface area (Å²) in [5.41, 5.74) is 1.29. The van der Waals surface area contributed by atoms with E-state index < -0.39 is 0 Å². The number of methoxy groups -OCH3 is 1. The van der Waals surface area contributed by atoms with E-state index in [0.29, 0.717) is 0 Å². The summed E-state index contributed by atoms with van der Waals surface area (Å²) in [5, 5.41) is 0. The van der Waals surface area contributed by atoms with Gasteiger partial charge in [-0.3, -0.25) is 0 Å². The molecule has 2 heteroatoms. The third-order valence-corrected chi connectivity index (χ3v) is 2.54. The molecule has 0 unspecified atom stereocenters. The van der Waals surface area contributed by atoms with Crippen LogP contribution < -0.4 is 4.74 Å². The van der Waals surface area contributed by atoms with Crippen molar-refractivity contribution in [3.63, 3.8) is 0 Å². The van der Waals surface area contributed by atoms with Gasteiger partial charge in [0, 0.05) is 3.57 Å². The van der Waals surface area contributed by atoms with Crippen molar-refractivity contribution < 1.29 is 4.74 Å². The molecule has 0 bridgehead atoms. The minimum atomic E-state index is 0.926. The molecule has 0 spiro atoms. The summed E-state index contributed by atoms with van der Waals surface area (Å²) in [6.07, 6.45) is 0. The van der Waals surface area contributed by atoms with Crippen molar-refractivity contribution in [2.45, 2.75) is 6.92 Å². The molecule has 0 saturated heterocycles. The lowest BCUT2D eigenvalue weighted by Gasteiger charge is -2.01. The quantitative estimate of drug-likeness (QED) is 0.694. The molecule has 0 amide bonds. The maximum absolute atomic E-state index is 5.05. The van der Waals surface area contributed by atoms with Crippen LogP contribution >= 0.6 is 22.6 Å². The van der Waals surface area contributed by atoms with Gasteiger partial charge in [-0.25, -0.2) is 0 Å². The highest BCUT2D eigenvalue weighted by Crippen LogP contribution is 2.17. The summed E-state index contributed by atoms with van der Waals surface area (Å²) in [5.74, 6) is 0.926. The van der Waals surface area contributed by atoms with Crippen molar-refractivity contribution in [2.75, 3.05) is 7.11 Å². The second-order valence-electron chi connectivity index (χ2n) is 2.12. The normalized spacial score (nSPS) is 9.50. The molecule has 1 aromatic rings. The lowest BCUT2D eigenvalue weighted by molar-refractivity contribution is 0.414. The van der Waals surface area contributed by atoms with E-state index in [4.69, 9.17) is 4.74 Å². The van der Waals surface area contributed by atoms with E-state index >= 15 is 0 Å². The Bertz CT molecular complexity index is 233. The van der Waals surface area contributed by atoms with Crippen LogP contribution in [0.25, 0.3) is 0 Å². The van der Waals surface area contributed by atoms with Crippen molar-refractivity contribution in [1.82, 2.24) is 0 Å². The van der Waals surface area contributed by atoms with E-state index in [0.717, 1.165) is 5.75 Å². The molecule has 0 aliphatic heterocycles. The van der Waals surface area contributed by atoms with E-state index in [1.165, 1.54) is 9.13 Å². The Labute approximate surface area is 74.5 Å². The van der Waals surface area contributed by atoms with E-state index in [2.05, 4.69) is 35.6 Å². The van der Waals surface area contributed by atoms with Crippen LogP contribution in [0.1, 0.15) is 5.56 Å². The fourth-order valence-electron chi connectivity index (χ4n) is 0.701. The van der Waals surface area contributed by atoms with Gasteiger partial charge in [0.15, 0.2) is 0 Å². The van der Waals surface area contributed by atoms with Crippen LogP contribution in [0.15, 0.2) is 18.2 Å². The molecule has 0 aromatic heterocycles. The highest BCUT2D eigenvalue weighted by molar-refractivity contribution is 14.1. The average Bonchev–Trinajstić information content (AvgIpc) is 1.95. The summed E-state index contributed by atoms with van der Waals surface area (Å²) in [6, 6.07) is 6.05. The smallest absolute Gasteiger partial charge is 0.119 e. The van der Waals surface area contributed by atoms with Crippen LogP contribution in [0.2, 0.25) is 0 Å². The Kier molecular flexibility index (Phi) is 2.54. The molecule has 10 heavy (non-hydrogen) atoms. The zero-order valence-electron chi connectivity index (χ0n) is 6.02. The summed E-state index contributed by atoms with van der Waals surface area (Å²) < 4.78 is 6.29. The molecule has 1 aromatic carbocycles. The van der Waals surface area contributed by atoms with Gasteiger partial charge >= 0.3 is 0 Å². The van der Waals surface area contributed by atoms with E-state index in [1.54, 1.807) is 7.11 Å². The van der Waals surface area contributed by atoms with Gasteiger partial charge in [0.05, 0.1) is 7.11 Å². The number of rotatable bonds is 1. The van der Waals surface area contributed by atoms with Crippen LogP contribution in [-0.2, 0) is 0 Å². The predicted molar refractivity (Wildman–Crippen MR) is 50.4 cm³/mol. The number of hydrogen-bond acceptors (Lipinski definition) is 1. The van der Waals surface area contributed by atoms with E-state index in [9.17, 15) is 0 Å². The summed E-state index contributed by atoms with van der Waals surface area (Å²) in [7, 11) is 1.68. The van der Waals surface area contributed by atoms with Gasteiger partial charge in [-0.1, -0.05) is 6.07 Å². The van der Waals surface area contributed by atoms with Gasteiger partial charge in [-0.15, -0.1) is 0 Å². The van der Waals surface area contributed by atoms with Gasteiger partial charge in [-0.05, 0) is 47.2 Å². The highest BCUT2D eigenvalue weighted by atomic mass is 127. The van der Waals surface area contributed by atoms with Crippen molar-refractivity contribution in [2.24, 2.45) is 0 Å². The number of hydrogen-bond donors (Lipinski definition) is 0. The Hall–Kier alpha value is -0.250. The Morgan fingerprint density at radius 2 is 2.10 bits per heavy atom. The Morgan fingerprint density at radius 3 is 2.60 bits per heavy atom. The first-order valence-electron chi connectivity index (χ1n) is 3.04. The predicted octanol–water partition coefficient (Wildman–Crippen LogP) is 2.61. The molecule has 0 aliphatic rings. The highest BCUT2D eigenvalue weighted by Gasteiger charge is 1.94. The minimum absolute atomic E-state index is 0.926. The molecule has 1 rings (SSSR count). The Balaban J connectivity index is 3.04. The van der Waals surface area contributed by atoms with Gasteiger partial charge < -0.3 is 4.74 Å². The van der Waals surface area contributed by atoms with Crippen LogP contribution in [0.4, 0.5) is 0 Å². The largest absolute Gasteiger partial charge is 0.497 e. The summed E-state index contributed by atoms with van der Waals surface area (Å²) >= 11 is 2.29. The number of halogens is 1. The fourth-order valence-corrected chi connectivity index (χ4v) is 1.19. The summed E-state index contributed by atoms with van der Waals surface area (Å²) in [4.78, 5) is 0. The SMILES string of the molecule is COc1ccc(C)c(I)c1. The number of aryl methyl sites for hydroxylation is 1. The van der Waals surface area contributed by atoms with Gasteiger partial charge in [0.25, 0.3) is 0 Å². The molecule has 54 valence electrons. The van der Waals surface area contributed by atoms with Gasteiger partial charge in [0.2, 0.25) is 0 Å². The second-order valence-corrected chi connectivity index (χ2v) is 3.28. The minimum Gasteiger partial charge on any atom is -0.497 e. The lowest BCUT2D eigenvalue weighted by atomic mass is 10.2. The van der Waals surface area contributed by atoms with E-state index in [1.807, 2.05) is 12.1 Å². The van der Waals surface area contributed by atoms with Crippen LogP contribution in [0, 0.1) is 10.5 Å². The molecule has 0 heterocycles. The van der Waals surface area contributed by atoms with Crippen LogP contribution in [0.3, 0.4) is 0 Å².